The van der Waals surface area contributed by atoms with Gasteiger partial charge in [-0.05, 0) is 51.6 Å². The van der Waals surface area contributed by atoms with Crippen LogP contribution >= 0.6 is 0 Å². The highest BCUT2D eigenvalue weighted by atomic mass is 14.9. The Labute approximate surface area is 222 Å². The third kappa shape index (κ3) is 5.27. The zero-order valence-electron chi connectivity index (χ0n) is 29.3. The molecule has 2 nitrogen and oxygen atoms in total. The van der Waals surface area contributed by atoms with E-state index in [1.807, 2.05) is 6.07 Å². The first kappa shape index (κ1) is 16.2. The molecule has 0 aliphatic rings. The van der Waals surface area contributed by atoms with Gasteiger partial charge in [0.1, 0.15) is 0 Å². The van der Waals surface area contributed by atoms with Gasteiger partial charge in [-0.25, -0.2) is 0 Å². The van der Waals surface area contributed by atoms with Crippen molar-refractivity contribution in [3.8, 4) is 22.3 Å². The van der Waals surface area contributed by atoms with Crippen LogP contribution in [-0.2, 0) is 10.8 Å². The molecular weight excluding hydrogens is 424 g/mol. The van der Waals surface area contributed by atoms with E-state index < -0.39 is 25.0 Å². The summed E-state index contributed by atoms with van der Waals surface area (Å²) >= 11 is 0. The maximum absolute atomic E-state index is 8.73. The Morgan fingerprint density at radius 3 is 1.86 bits per heavy atom. The van der Waals surface area contributed by atoms with Crippen molar-refractivity contribution in [2.24, 2.45) is 0 Å². The summed E-state index contributed by atoms with van der Waals surface area (Å²) in [6.07, 6.45) is 0. The number of para-hydroxylation sites is 2. The predicted octanol–water partition coefficient (Wildman–Crippen LogP) is 9.25. The largest absolute Gasteiger partial charge is 0.397 e. The topological polar surface area (TPSA) is 38.0 Å². The summed E-state index contributed by atoms with van der Waals surface area (Å²) in [4.78, 5) is 0. The molecule has 0 aliphatic carbocycles. The first-order chi connectivity index (χ1) is 19.7. The molecule has 0 unspecified atom stereocenters. The van der Waals surface area contributed by atoms with Crippen molar-refractivity contribution < 1.29 is 11.0 Å². The SMILES string of the molecule is [2H]c1c([2H])c([2H])c(-c2cccc(-c3cc(C(C)(C)C)cc(C(C)(C)C)c3)c2Nc2c(N)cccc2C([2H])([2H])[2H])c([2H])c1[2H]. The van der Waals surface area contributed by atoms with Crippen LogP contribution in [-0.4, -0.2) is 0 Å². The highest BCUT2D eigenvalue weighted by Crippen LogP contribution is 2.42. The van der Waals surface area contributed by atoms with Gasteiger partial charge in [-0.15, -0.1) is 0 Å². The van der Waals surface area contributed by atoms with Crippen LogP contribution in [0.1, 0.15) is 69.2 Å². The van der Waals surface area contributed by atoms with Gasteiger partial charge in [-0.2, -0.15) is 0 Å². The number of nitrogen functional groups attached to an aromatic ring is 1. The van der Waals surface area contributed by atoms with Crippen molar-refractivity contribution in [3.05, 3.63) is 101 Å². The molecule has 3 N–H and O–H groups in total. The smallest absolute Gasteiger partial charge is 0.0647 e. The Morgan fingerprint density at radius 2 is 1.29 bits per heavy atom. The highest BCUT2D eigenvalue weighted by Gasteiger charge is 2.22. The third-order valence-corrected chi connectivity index (χ3v) is 6.16. The van der Waals surface area contributed by atoms with E-state index in [-0.39, 0.29) is 45.4 Å². The van der Waals surface area contributed by atoms with Gasteiger partial charge in [0.2, 0.25) is 0 Å². The number of aryl methyl sites for hydroxylation is 1. The summed E-state index contributed by atoms with van der Waals surface area (Å²) in [5, 5.41) is 3.28. The molecule has 0 amide bonds. The molecule has 4 rings (SSSR count). The molecule has 0 saturated carbocycles. The lowest BCUT2D eigenvalue weighted by molar-refractivity contribution is 0.569. The second kappa shape index (κ2) is 9.26. The van der Waals surface area contributed by atoms with E-state index in [0.717, 1.165) is 16.7 Å². The highest BCUT2D eigenvalue weighted by molar-refractivity contribution is 5.94. The normalized spacial score (nSPS) is 15.6. The molecule has 0 fully saturated rings. The van der Waals surface area contributed by atoms with Crippen molar-refractivity contribution in [3.63, 3.8) is 0 Å². The molecule has 0 bridgehead atoms. The van der Waals surface area contributed by atoms with Crippen LogP contribution in [0.4, 0.5) is 17.1 Å². The molecule has 0 radical (unpaired) electrons. The Kier molecular flexibility index (Phi) is 4.29. The molecule has 2 heteroatoms. The fourth-order valence-electron chi connectivity index (χ4n) is 4.00. The van der Waals surface area contributed by atoms with Crippen molar-refractivity contribution >= 4 is 17.1 Å². The Hall–Kier alpha value is -3.52. The molecule has 0 spiro atoms. The summed E-state index contributed by atoms with van der Waals surface area (Å²) in [7, 11) is 0. The summed E-state index contributed by atoms with van der Waals surface area (Å²) in [5.41, 5.74) is 10.8. The van der Waals surface area contributed by atoms with Crippen LogP contribution in [0, 0.1) is 6.85 Å². The summed E-state index contributed by atoms with van der Waals surface area (Å²) in [5.74, 6) is 0. The van der Waals surface area contributed by atoms with E-state index >= 15 is 0 Å². The number of nitrogens with one attached hydrogen (secondary N) is 1. The van der Waals surface area contributed by atoms with E-state index in [4.69, 9.17) is 16.7 Å². The van der Waals surface area contributed by atoms with Gasteiger partial charge < -0.3 is 11.1 Å². The quantitative estimate of drug-likeness (QED) is 0.292. The summed E-state index contributed by atoms with van der Waals surface area (Å²) < 4.78 is 66.7. The monoisotopic (exact) mass is 470 g/mol. The van der Waals surface area contributed by atoms with E-state index in [9.17, 15) is 0 Å². The molecule has 4 aromatic rings. The van der Waals surface area contributed by atoms with Gasteiger partial charge in [0.25, 0.3) is 0 Å². The molecule has 0 aliphatic heterocycles. The predicted molar refractivity (Wildman–Crippen MR) is 154 cm³/mol. The lowest BCUT2D eigenvalue weighted by Gasteiger charge is -2.27. The molecule has 0 saturated heterocycles. The lowest BCUT2D eigenvalue weighted by atomic mass is 9.78. The Balaban J connectivity index is 2.17. The Morgan fingerprint density at radius 1 is 0.714 bits per heavy atom. The minimum absolute atomic E-state index is 0.00306. The first-order valence-electron chi connectivity index (χ1n) is 15.8. The van der Waals surface area contributed by atoms with E-state index in [2.05, 4.69) is 65.1 Å². The molecule has 180 valence electrons. The van der Waals surface area contributed by atoms with Crippen LogP contribution < -0.4 is 11.1 Å². The molecule has 35 heavy (non-hydrogen) atoms. The van der Waals surface area contributed by atoms with Gasteiger partial charge in [-0.3, -0.25) is 0 Å². The molecule has 0 heterocycles. The van der Waals surface area contributed by atoms with Gasteiger partial charge in [0.15, 0.2) is 0 Å². The van der Waals surface area contributed by atoms with Crippen molar-refractivity contribution in [2.45, 2.75) is 59.2 Å². The van der Waals surface area contributed by atoms with Crippen LogP contribution in [0.25, 0.3) is 22.3 Å². The fraction of sp³-hybridized carbons (Fsp3) is 0.273. The summed E-state index contributed by atoms with van der Waals surface area (Å²) in [6, 6.07) is 14.2. The standard InChI is InChI=1S/C33H38N2/c1-22-13-11-18-29(34)30(22)35-31-27(23-14-9-8-10-15-23)16-12-17-28(31)24-19-25(32(2,3)4)21-26(20-24)33(5,6)7/h8-21,35H,34H2,1-7H3/i1D3,8D,9D,10D,14D,15D. The molecule has 0 atom stereocenters. The minimum atomic E-state index is -2.49. The van der Waals surface area contributed by atoms with Crippen LogP contribution in [0.2, 0.25) is 0 Å². The van der Waals surface area contributed by atoms with Crippen molar-refractivity contribution in [2.75, 3.05) is 11.1 Å². The maximum atomic E-state index is 8.73. The van der Waals surface area contributed by atoms with Crippen molar-refractivity contribution in [1.29, 1.82) is 0 Å². The molecule has 4 aromatic carbocycles. The Bertz CT molecular complexity index is 1650. The van der Waals surface area contributed by atoms with Crippen molar-refractivity contribution in [1.82, 2.24) is 0 Å². The van der Waals surface area contributed by atoms with Gasteiger partial charge in [0.05, 0.1) is 23.9 Å². The lowest BCUT2D eigenvalue weighted by Crippen LogP contribution is -2.16. The van der Waals surface area contributed by atoms with Crippen LogP contribution in [0.15, 0.2) is 84.8 Å². The molecule has 0 aromatic heterocycles. The zero-order valence-corrected chi connectivity index (χ0v) is 21.3. The number of anilines is 3. The average molecular weight is 471 g/mol. The van der Waals surface area contributed by atoms with Gasteiger partial charge >= 0.3 is 0 Å². The maximum Gasteiger partial charge on any atom is 0.0647 e. The fourth-order valence-corrected chi connectivity index (χ4v) is 4.00. The average Bonchev–Trinajstić information content (AvgIpc) is 2.90. The van der Waals surface area contributed by atoms with E-state index in [1.54, 1.807) is 24.3 Å². The number of rotatable bonds is 4. The first-order valence-corrected chi connectivity index (χ1v) is 11.8. The van der Waals surface area contributed by atoms with Gasteiger partial charge in [0, 0.05) is 15.2 Å². The second-order valence-electron chi connectivity index (χ2n) is 10.9. The minimum Gasteiger partial charge on any atom is -0.397 e. The number of nitrogens with two attached hydrogens (primary N) is 1. The summed E-state index contributed by atoms with van der Waals surface area (Å²) in [6.45, 7) is 10.3. The van der Waals surface area contributed by atoms with Crippen LogP contribution in [0.5, 0.6) is 0 Å². The number of hydrogen-bond acceptors (Lipinski definition) is 2. The number of benzene rings is 4. The second-order valence-corrected chi connectivity index (χ2v) is 10.9. The number of hydrogen-bond donors (Lipinski definition) is 2. The van der Waals surface area contributed by atoms with E-state index in [1.165, 1.54) is 6.07 Å². The molecular formula is C33H38N2. The van der Waals surface area contributed by atoms with Crippen LogP contribution in [0.3, 0.4) is 0 Å². The third-order valence-electron chi connectivity index (χ3n) is 6.16. The zero-order chi connectivity index (χ0) is 32.2. The van der Waals surface area contributed by atoms with Gasteiger partial charge in [-0.1, -0.05) is 120 Å². The van der Waals surface area contributed by atoms with E-state index in [0.29, 0.717) is 16.8 Å².